The van der Waals surface area contributed by atoms with Crippen LogP contribution in [0.5, 0.6) is 0 Å². The van der Waals surface area contributed by atoms with Crippen molar-refractivity contribution in [3.8, 4) is 0 Å². The molecule has 0 saturated carbocycles. The van der Waals surface area contributed by atoms with Gasteiger partial charge in [0.05, 0.1) is 16.1 Å². The topological polar surface area (TPSA) is 51.7 Å². The zero-order valence-corrected chi connectivity index (χ0v) is 23.6. The van der Waals surface area contributed by atoms with Gasteiger partial charge in [0, 0.05) is 52.9 Å². The number of hydrogen-bond acceptors (Lipinski definition) is 5. The summed E-state index contributed by atoms with van der Waals surface area (Å²) in [7, 11) is 0. The number of pyridine rings is 1. The second-order valence-corrected chi connectivity index (χ2v) is 11.1. The first-order valence-corrected chi connectivity index (χ1v) is 14.2. The monoisotopic (exact) mass is 609 g/mol. The van der Waals surface area contributed by atoms with Crippen molar-refractivity contribution in [2.24, 2.45) is 0 Å². The van der Waals surface area contributed by atoms with Gasteiger partial charge in [0.1, 0.15) is 5.82 Å². The molecule has 226 valence electrons. The number of anilines is 1. The molecule has 1 N–H and O–H groups in total. The van der Waals surface area contributed by atoms with Crippen LogP contribution in [0.4, 0.5) is 27.8 Å². The predicted octanol–water partition coefficient (Wildman–Crippen LogP) is 5.99. The largest absolute Gasteiger partial charge is 0.416 e. The number of piperidine rings is 1. The number of carbonyl (C=O) groups excluding carboxylic acids is 1. The molecule has 6 nitrogen and oxygen atoms in total. The molecule has 2 saturated heterocycles. The van der Waals surface area contributed by atoms with Crippen LogP contribution in [0.2, 0.25) is 5.02 Å². The van der Waals surface area contributed by atoms with E-state index in [0.717, 1.165) is 69.8 Å². The van der Waals surface area contributed by atoms with Gasteiger partial charge in [-0.3, -0.25) is 14.6 Å². The van der Waals surface area contributed by atoms with Gasteiger partial charge in [-0.25, -0.2) is 13.8 Å². The van der Waals surface area contributed by atoms with Crippen molar-refractivity contribution >= 4 is 23.3 Å². The number of alkyl halides is 3. The Morgan fingerprint density at radius 2 is 1.60 bits per heavy atom. The number of likely N-dealkylation sites (tertiary alicyclic amines) is 1. The van der Waals surface area contributed by atoms with Crippen LogP contribution in [0, 0.1) is 11.6 Å². The smallest absolute Gasteiger partial charge is 0.353 e. The SMILES string of the molecule is O=C(NCc1ccc(C(F)(F)F)cc1)c1cnc(N2CCN(C3CCN(Cc4ccc(F)c(F)c4)CC3)CC2)c(Cl)c1.[HH]. The summed E-state index contributed by atoms with van der Waals surface area (Å²) in [6.07, 6.45) is -0.955. The maximum absolute atomic E-state index is 13.5. The Labute approximate surface area is 247 Å². The number of nitrogens with zero attached hydrogens (tertiary/aromatic N) is 4. The number of nitrogens with one attached hydrogen (secondary N) is 1. The molecular weight excluding hydrogens is 577 g/mol. The number of benzene rings is 2. The first-order valence-electron chi connectivity index (χ1n) is 13.8. The van der Waals surface area contributed by atoms with Gasteiger partial charge in [-0.2, -0.15) is 13.2 Å². The van der Waals surface area contributed by atoms with Gasteiger partial charge in [0.15, 0.2) is 11.6 Å². The molecule has 1 aromatic heterocycles. The molecular formula is C30H33ClF5N5O. The highest BCUT2D eigenvalue weighted by Gasteiger charge is 2.30. The van der Waals surface area contributed by atoms with Crippen LogP contribution < -0.4 is 10.2 Å². The first kappa shape index (κ1) is 30.2. The van der Waals surface area contributed by atoms with Gasteiger partial charge in [-0.1, -0.05) is 29.8 Å². The molecule has 2 aliphatic heterocycles. The Kier molecular flexibility index (Phi) is 9.29. The Morgan fingerprint density at radius 3 is 2.21 bits per heavy atom. The standard InChI is InChI=1S/C30H31ClF5N5O.H2/c31-25-16-22(29(42)38-17-20-1-4-23(5-2-20)30(34,35)36)18-37-28(25)41-13-11-40(12-14-41)24-7-9-39(10-8-24)19-21-3-6-26(32)27(33)15-21;/h1-6,15-16,18,24H,7-14,17,19H2,(H,38,42);1H. The zero-order valence-electron chi connectivity index (χ0n) is 22.8. The Morgan fingerprint density at radius 1 is 0.929 bits per heavy atom. The summed E-state index contributed by atoms with van der Waals surface area (Å²) in [4.78, 5) is 23.9. The van der Waals surface area contributed by atoms with E-state index in [-0.39, 0.29) is 13.5 Å². The molecule has 0 atom stereocenters. The Hall–Kier alpha value is -3.28. The molecule has 2 fully saturated rings. The van der Waals surface area contributed by atoms with Gasteiger partial charge in [0.2, 0.25) is 0 Å². The predicted molar refractivity (Wildman–Crippen MR) is 152 cm³/mol. The first-order chi connectivity index (χ1) is 20.1. The van der Waals surface area contributed by atoms with E-state index in [1.807, 2.05) is 0 Å². The fraction of sp³-hybridized carbons (Fsp3) is 0.400. The van der Waals surface area contributed by atoms with Crippen LogP contribution in [-0.4, -0.2) is 66.0 Å². The van der Waals surface area contributed by atoms with E-state index in [1.54, 1.807) is 12.1 Å². The van der Waals surface area contributed by atoms with Crippen LogP contribution in [0.25, 0.3) is 0 Å². The molecule has 3 heterocycles. The van der Waals surface area contributed by atoms with Crippen molar-refractivity contribution < 1.29 is 28.2 Å². The zero-order chi connectivity index (χ0) is 29.9. The summed E-state index contributed by atoms with van der Waals surface area (Å²) in [5.41, 5.74) is 0.837. The van der Waals surface area contributed by atoms with Crippen molar-refractivity contribution in [1.82, 2.24) is 20.1 Å². The van der Waals surface area contributed by atoms with Crippen molar-refractivity contribution in [1.29, 1.82) is 0 Å². The van der Waals surface area contributed by atoms with Crippen LogP contribution >= 0.6 is 11.6 Å². The second kappa shape index (κ2) is 12.9. The molecule has 3 aromatic rings. The Bertz CT molecular complexity index is 1390. The van der Waals surface area contributed by atoms with E-state index < -0.39 is 29.3 Å². The Balaban J connectivity index is 0.00000423. The summed E-state index contributed by atoms with van der Waals surface area (Å²) in [6.45, 7) is 5.62. The van der Waals surface area contributed by atoms with Crippen molar-refractivity contribution in [2.75, 3.05) is 44.2 Å². The van der Waals surface area contributed by atoms with Gasteiger partial charge < -0.3 is 10.2 Å². The molecule has 2 aliphatic rings. The molecule has 1 amide bonds. The summed E-state index contributed by atoms with van der Waals surface area (Å²) >= 11 is 6.52. The number of aromatic nitrogens is 1. The molecule has 0 spiro atoms. The fourth-order valence-electron chi connectivity index (χ4n) is 5.52. The molecule has 0 unspecified atom stereocenters. The van der Waals surface area contributed by atoms with E-state index in [2.05, 4.69) is 25.0 Å². The van der Waals surface area contributed by atoms with E-state index in [1.165, 1.54) is 30.5 Å². The molecule has 12 heteroatoms. The van der Waals surface area contributed by atoms with Crippen LogP contribution in [0.3, 0.4) is 0 Å². The number of halogens is 6. The summed E-state index contributed by atoms with van der Waals surface area (Å²) in [5, 5.41) is 3.05. The normalized spacial score (nSPS) is 17.4. The lowest BCUT2D eigenvalue weighted by Crippen LogP contribution is -2.53. The van der Waals surface area contributed by atoms with Crippen LogP contribution in [0.1, 0.15) is 41.3 Å². The van der Waals surface area contributed by atoms with E-state index in [9.17, 15) is 26.7 Å². The third kappa shape index (κ3) is 7.37. The number of amides is 1. The van der Waals surface area contributed by atoms with Gasteiger partial charge in [-0.15, -0.1) is 0 Å². The highest BCUT2D eigenvalue weighted by atomic mass is 35.5. The number of hydrogen-bond donors (Lipinski definition) is 1. The minimum atomic E-state index is -4.41. The third-order valence-electron chi connectivity index (χ3n) is 7.90. The van der Waals surface area contributed by atoms with E-state index in [4.69, 9.17) is 11.6 Å². The molecule has 0 radical (unpaired) electrons. The summed E-state index contributed by atoms with van der Waals surface area (Å²) < 4.78 is 65.0. The maximum Gasteiger partial charge on any atom is 0.416 e. The average molecular weight is 610 g/mol. The maximum atomic E-state index is 13.5. The third-order valence-corrected chi connectivity index (χ3v) is 8.17. The average Bonchev–Trinajstić information content (AvgIpc) is 2.98. The van der Waals surface area contributed by atoms with Gasteiger partial charge in [-0.05, 0) is 67.4 Å². The van der Waals surface area contributed by atoms with Crippen LogP contribution in [0.15, 0.2) is 54.7 Å². The van der Waals surface area contributed by atoms with Gasteiger partial charge in [0.25, 0.3) is 5.91 Å². The quantitative estimate of drug-likeness (QED) is 0.333. The molecule has 2 aromatic carbocycles. The number of piperazine rings is 1. The van der Waals surface area contributed by atoms with E-state index >= 15 is 0 Å². The van der Waals surface area contributed by atoms with Crippen LogP contribution in [-0.2, 0) is 19.3 Å². The lowest BCUT2D eigenvalue weighted by Gasteiger charge is -2.43. The summed E-state index contributed by atoms with van der Waals surface area (Å²) in [5.74, 6) is -1.46. The lowest BCUT2D eigenvalue weighted by molar-refractivity contribution is -0.137. The molecule has 0 aliphatic carbocycles. The molecule has 0 bridgehead atoms. The van der Waals surface area contributed by atoms with Crippen molar-refractivity contribution in [3.63, 3.8) is 0 Å². The lowest BCUT2D eigenvalue weighted by atomic mass is 10.0. The minimum Gasteiger partial charge on any atom is -0.353 e. The van der Waals surface area contributed by atoms with E-state index in [0.29, 0.717) is 29.0 Å². The molecule has 5 rings (SSSR count). The highest BCUT2D eigenvalue weighted by molar-refractivity contribution is 6.33. The second-order valence-electron chi connectivity index (χ2n) is 10.7. The highest BCUT2D eigenvalue weighted by Crippen LogP contribution is 2.29. The number of rotatable bonds is 7. The summed E-state index contributed by atoms with van der Waals surface area (Å²) in [6, 6.07) is 10.7. The minimum absolute atomic E-state index is 0. The van der Waals surface area contributed by atoms with Crippen molar-refractivity contribution in [2.45, 2.75) is 38.1 Å². The number of carbonyl (C=O) groups is 1. The van der Waals surface area contributed by atoms with Crippen molar-refractivity contribution in [3.05, 3.63) is 93.6 Å². The molecule has 42 heavy (non-hydrogen) atoms. The van der Waals surface area contributed by atoms with Gasteiger partial charge >= 0.3 is 6.18 Å². The fourth-order valence-corrected chi connectivity index (χ4v) is 5.81.